The first-order valence-electron chi connectivity index (χ1n) is 10.2. The molecule has 0 saturated carbocycles. The number of rotatable bonds is 6. The number of ether oxygens (including phenoxy) is 1. The third-order valence-corrected chi connectivity index (χ3v) is 5.86. The van der Waals surface area contributed by atoms with Gasteiger partial charge in [-0.25, -0.2) is 4.98 Å². The molecule has 2 aromatic carbocycles. The van der Waals surface area contributed by atoms with E-state index in [1.165, 1.54) is 0 Å². The maximum absolute atomic E-state index is 13.1. The van der Waals surface area contributed by atoms with Crippen LogP contribution < -0.4 is 4.74 Å². The largest absolute Gasteiger partial charge is 0.497 e. The van der Waals surface area contributed by atoms with Gasteiger partial charge in [-0.2, -0.15) is 0 Å². The van der Waals surface area contributed by atoms with Crippen LogP contribution in [0.15, 0.2) is 59.1 Å². The van der Waals surface area contributed by atoms with Crippen molar-refractivity contribution in [2.45, 2.75) is 38.1 Å². The van der Waals surface area contributed by atoms with Crippen molar-refractivity contribution in [1.29, 1.82) is 0 Å². The summed E-state index contributed by atoms with van der Waals surface area (Å²) in [6.07, 6.45) is 5.56. The molecule has 0 N–H and O–H groups in total. The molecule has 1 atom stereocenters. The van der Waals surface area contributed by atoms with E-state index in [1.54, 1.807) is 13.3 Å². The zero-order chi connectivity index (χ0) is 20.9. The summed E-state index contributed by atoms with van der Waals surface area (Å²) in [5.41, 5.74) is 1.94. The second-order valence-electron chi connectivity index (χ2n) is 7.56. The standard InChI is InChI=1S/C24H25ClN2O3/c1-29-19-9-6-7-17(13-19)14-23(28)27-12-5-4-11-22(27)24-26-16-20(30-24)15-18-8-2-3-10-21(18)25/h2-3,6-10,13,16,22H,4-5,11-12,14-15H2,1H3/t22-/m0/s1. The van der Waals surface area contributed by atoms with Crippen molar-refractivity contribution in [2.75, 3.05) is 13.7 Å². The van der Waals surface area contributed by atoms with Crippen LogP contribution >= 0.6 is 11.6 Å². The van der Waals surface area contributed by atoms with Gasteiger partial charge >= 0.3 is 0 Å². The zero-order valence-electron chi connectivity index (χ0n) is 17.0. The number of oxazole rings is 1. The lowest BCUT2D eigenvalue weighted by molar-refractivity contribution is -0.134. The molecule has 1 fully saturated rings. The van der Waals surface area contributed by atoms with E-state index in [1.807, 2.05) is 53.4 Å². The van der Waals surface area contributed by atoms with Crippen molar-refractivity contribution in [3.63, 3.8) is 0 Å². The predicted octanol–water partition coefficient (Wildman–Crippen LogP) is 5.22. The number of hydrogen-bond donors (Lipinski definition) is 0. The van der Waals surface area contributed by atoms with Gasteiger partial charge in [0.25, 0.3) is 0 Å². The summed E-state index contributed by atoms with van der Waals surface area (Å²) < 4.78 is 11.3. The molecule has 6 heteroatoms. The molecule has 1 amide bonds. The number of hydrogen-bond acceptors (Lipinski definition) is 4. The fourth-order valence-corrected chi connectivity index (χ4v) is 4.14. The van der Waals surface area contributed by atoms with Gasteiger partial charge in [-0.3, -0.25) is 4.79 Å². The first-order valence-corrected chi connectivity index (χ1v) is 10.6. The van der Waals surface area contributed by atoms with Gasteiger partial charge in [0.15, 0.2) is 0 Å². The number of nitrogens with zero attached hydrogens (tertiary/aromatic N) is 2. The summed E-state index contributed by atoms with van der Waals surface area (Å²) in [6.45, 7) is 0.718. The van der Waals surface area contributed by atoms with Crippen LogP contribution in [0.1, 0.15) is 48.1 Å². The lowest BCUT2D eigenvalue weighted by Gasteiger charge is -2.34. The smallest absolute Gasteiger partial charge is 0.227 e. The Labute approximate surface area is 181 Å². The Bertz CT molecular complexity index is 1020. The normalized spacial score (nSPS) is 16.5. The third-order valence-electron chi connectivity index (χ3n) is 5.49. The molecule has 1 aromatic heterocycles. The van der Waals surface area contributed by atoms with Crippen molar-refractivity contribution < 1.29 is 13.9 Å². The number of carbonyl (C=O) groups is 1. The van der Waals surface area contributed by atoms with Crippen molar-refractivity contribution in [3.8, 4) is 5.75 Å². The highest BCUT2D eigenvalue weighted by molar-refractivity contribution is 6.31. The number of benzene rings is 2. The molecular formula is C24H25ClN2O3. The van der Waals surface area contributed by atoms with Gasteiger partial charge in [-0.1, -0.05) is 41.9 Å². The average Bonchev–Trinajstić information content (AvgIpc) is 3.24. The van der Waals surface area contributed by atoms with Crippen LogP contribution in [0.4, 0.5) is 0 Å². The Morgan fingerprint density at radius 3 is 2.93 bits per heavy atom. The highest BCUT2D eigenvalue weighted by Gasteiger charge is 2.31. The average molecular weight is 425 g/mol. The van der Waals surface area contributed by atoms with Crippen LogP contribution in [0.2, 0.25) is 5.02 Å². The van der Waals surface area contributed by atoms with Crippen LogP contribution in [-0.2, 0) is 17.6 Å². The number of methoxy groups -OCH3 is 1. The molecule has 2 heterocycles. The molecule has 0 radical (unpaired) electrons. The summed E-state index contributed by atoms with van der Waals surface area (Å²) in [4.78, 5) is 19.5. The molecule has 30 heavy (non-hydrogen) atoms. The maximum Gasteiger partial charge on any atom is 0.227 e. The Hall–Kier alpha value is -2.79. The molecule has 1 aliphatic heterocycles. The SMILES string of the molecule is COc1cccc(CC(=O)N2CCCC[C@H]2c2ncc(Cc3ccccc3Cl)o2)c1. The highest BCUT2D eigenvalue weighted by atomic mass is 35.5. The Morgan fingerprint density at radius 2 is 2.10 bits per heavy atom. The molecule has 3 aromatic rings. The molecule has 4 rings (SSSR count). The molecule has 0 bridgehead atoms. The third kappa shape index (κ3) is 4.68. The van der Waals surface area contributed by atoms with Gasteiger partial charge < -0.3 is 14.1 Å². The second-order valence-corrected chi connectivity index (χ2v) is 7.97. The predicted molar refractivity (Wildman–Crippen MR) is 116 cm³/mol. The van der Waals surface area contributed by atoms with Gasteiger partial charge in [-0.05, 0) is 48.6 Å². The quantitative estimate of drug-likeness (QED) is 0.544. The first-order chi connectivity index (χ1) is 14.6. The fraction of sp³-hybridized carbons (Fsp3) is 0.333. The van der Waals surface area contributed by atoms with Crippen LogP contribution in [0, 0.1) is 0 Å². The van der Waals surface area contributed by atoms with E-state index in [-0.39, 0.29) is 11.9 Å². The zero-order valence-corrected chi connectivity index (χ0v) is 17.8. The number of piperidine rings is 1. The number of likely N-dealkylation sites (tertiary alicyclic amines) is 1. The fourth-order valence-electron chi connectivity index (χ4n) is 3.93. The molecule has 0 aliphatic carbocycles. The van der Waals surface area contributed by atoms with Crippen molar-refractivity contribution in [2.24, 2.45) is 0 Å². The number of halogens is 1. The molecule has 1 aliphatic rings. The first kappa shape index (κ1) is 20.5. The Morgan fingerprint density at radius 1 is 1.23 bits per heavy atom. The summed E-state index contributed by atoms with van der Waals surface area (Å²) in [5, 5.41) is 0.711. The molecule has 156 valence electrons. The van der Waals surface area contributed by atoms with E-state index in [0.717, 1.165) is 48.4 Å². The number of aromatic nitrogens is 1. The number of amides is 1. The van der Waals surface area contributed by atoms with Crippen LogP contribution in [0.5, 0.6) is 5.75 Å². The van der Waals surface area contributed by atoms with Gasteiger partial charge in [0.2, 0.25) is 11.8 Å². The van der Waals surface area contributed by atoms with Crippen molar-refractivity contribution >= 4 is 17.5 Å². The topological polar surface area (TPSA) is 55.6 Å². The van der Waals surface area contributed by atoms with Gasteiger partial charge in [0.1, 0.15) is 17.6 Å². The Balaban J connectivity index is 1.49. The van der Waals surface area contributed by atoms with E-state index in [2.05, 4.69) is 4.98 Å². The monoisotopic (exact) mass is 424 g/mol. The minimum atomic E-state index is -0.128. The Kier molecular flexibility index (Phi) is 6.38. The maximum atomic E-state index is 13.1. The summed E-state index contributed by atoms with van der Waals surface area (Å²) >= 11 is 6.27. The van der Waals surface area contributed by atoms with Crippen LogP contribution in [0.3, 0.4) is 0 Å². The summed E-state index contributed by atoms with van der Waals surface area (Å²) in [6, 6.07) is 15.2. The molecule has 1 saturated heterocycles. The minimum Gasteiger partial charge on any atom is -0.497 e. The van der Waals surface area contributed by atoms with E-state index >= 15 is 0 Å². The lowest BCUT2D eigenvalue weighted by Crippen LogP contribution is -2.39. The highest BCUT2D eigenvalue weighted by Crippen LogP contribution is 2.32. The second kappa shape index (κ2) is 9.35. The molecule has 5 nitrogen and oxygen atoms in total. The number of carbonyl (C=O) groups excluding carboxylic acids is 1. The van der Waals surface area contributed by atoms with Crippen molar-refractivity contribution in [3.05, 3.63) is 82.5 Å². The van der Waals surface area contributed by atoms with Crippen LogP contribution in [0.25, 0.3) is 0 Å². The minimum absolute atomic E-state index is 0.0822. The van der Waals surface area contributed by atoms with Gasteiger partial charge in [0, 0.05) is 18.0 Å². The lowest BCUT2D eigenvalue weighted by atomic mass is 10.0. The van der Waals surface area contributed by atoms with E-state index in [0.29, 0.717) is 23.8 Å². The van der Waals surface area contributed by atoms with Gasteiger partial charge in [-0.15, -0.1) is 0 Å². The molecular weight excluding hydrogens is 400 g/mol. The van der Waals surface area contributed by atoms with Crippen molar-refractivity contribution in [1.82, 2.24) is 9.88 Å². The molecule has 0 spiro atoms. The van der Waals surface area contributed by atoms with Gasteiger partial charge in [0.05, 0.1) is 19.7 Å². The van der Waals surface area contributed by atoms with E-state index in [4.69, 9.17) is 20.8 Å². The summed E-state index contributed by atoms with van der Waals surface area (Å²) in [7, 11) is 1.63. The molecule has 0 unspecified atom stereocenters. The van der Waals surface area contributed by atoms with E-state index < -0.39 is 0 Å². The van der Waals surface area contributed by atoms with Crippen LogP contribution in [-0.4, -0.2) is 29.4 Å². The summed E-state index contributed by atoms with van der Waals surface area (Å²) in [5.74, 6) is 2.20. The van der Waals surface area contributed by atoms with E-state index in [9.17, 15) is 4.79 Å².